The molecule has 0 aliphatic carbocycles. The lowest BCUT2D eigenvalue weighted by atomic mass is 10.1. The molecule has 0 radical (unpaired) electrons. The Morgan fingerprint density at radius 1 is 1.29 bits per heavy atom. The van der Waals surface area contributed by atoms with Crippen LogP contribution in [-0.4, -0.2) is 49.8 Å². The summed E-state index contributed by atoms with van der Waals surface area (Å²) in [5.41, 5.74) is 6.79. The smallest absolute Gasteiger partial charge is 0.252 e. The minimum Gasteiger partial charge on any atom is -0.385 e. The molecule has 1 aromatic rings. The number of amides is 1. The van der Waals surface area contributed by atoms with Crippen molar-refractivity contribution in [3.05, 3.63) is 35.9 Å². The van der Waals surface area contributed by atoms with E-state index in [4.69, 9.17) is 15.2 Å². The summed E-state index contributed by atoms with van der Waals surface area (Å²) in [6, 6.07) is 10.1. The van der Waals surface area contributed by atoms with Gasteiger partial charge in [0, 0.05) is 33.4 Å². The van der Waals surface area contributed by atoms with Gasteiger partial charge in [0.25, 0.3) is 5.91 Å². The van der Waals surface area contributed by atoms with Gasteiger partial charge in [-0.1, -0.05) is 30.3 Å². The summed E-state index contributed by atoms with van der Waals surface area (Å²) in [5, 5.41) is 0. The molecule has 2 atom stereocenters. The zero-order valence-electron chi connectivity index (χ0n) is 14.4. The van der Waals surface area contributed by atoms with E-state index in [1.807, 2.05) is 35.2 Å². The molecule has 1 amide bonds. The molecule has 136 valence electrons. The first-order valence-corrected chi connectivity index (χ1v) is 8.41. The number of carbonyl (C=O) groups is 1. The van der Waals surface area contributed by atoms with Crippen molar-refractivity contribution in [2.24, 2.45) is 5.73 Å². The molecule has 1 heterocycles. The standard InChI is InChI=1S/C18H28N2O3.ClH/c1-22-12-6-5-11-20(14-15-7-3-2-4-8-15)18(21)17-10-9-16(13-19)23-17;/h2-4,7-8,16-17H,5-6,9-14,19H2,1H3;1H/t16-,17+;/m1./s1. The third-order valence-corrected chi connectivity index (χ3v) is 4.20. The second kappa shape index (κ2) is 11.4. The van der Waals surface area contributed by atoms with Crippen LogP contribution in [0.4, 0.5) is 0 Å². The first-order chi connectivity index (χ1) is 11.2. The van der Waals surface area contributed by atoms with Gasteiger partial charge in [0.15, 0.2) is 0 Å². The van der Waals surface area contributed by atoms with Gasteiger partial charge in [0.2, 0.25) is 0 Å². The molecule has 6 heteroatoms. The van der Waals surface area contributed by atoms with E-state index in [-0.39, 0.29) is 30.5 Å². The topological polar surface area (TPSA) is 64.8 Å². The highest BCUT2D eigenvalue weighted by Gasteiger charge is 2.32. The van der Waals surface area contributed by atoms with Gasteiger partial charge in [-0.25, -0.2) is 0 Å². The van der Waals surface area contributed by atoms with Crippen molar-refractivity contribution in [2.45, 2.75) is 44.4 Å². The average molecular weight is 357 g/mol. The Morgan fingerprint density at radius 3 is 2.67 bits per heavy atom. The van der Waals surface area contributed by atoms with Gasteiger partial charge in [-0.15, -0.1) is 12.4 Å². The van der Waals surface area contributed by atoms with Crippen molar-refractivity contribution >= 4 is 18.3 Å². The molecule has 0 spiro atoms. The van der Waals surface area contributed by atoms with Crippen molar-refractivity contribution in [2.75, 3.05) is 26.8 Å². The lowest BCUT2D eigenvalue weighted by Gasteiger charge is -2.26. The van der Waals surface area contributed by atoms with Crippen LogP contribution in [0.15, 0.2) is 30.3 Å². The zero-order valence-corrected chi connectivity index (χ0v) is 15.2. The van der Waals surface area contributed by atoms with Crippen LogP contribution in [0, 0.1) is 0 Å². The van der Waals surface area contributed by atoms with Crippen LogP contribution in [0.1, 0.15) is 31.2 Å². The van der Waals surface area contributed by atoms with E-state index in [0.29, 0.717) is 13.1 Å². The molecule has 5 nitrogen and oxygen atoms in total. The number of ether oxygens (including phenoxy) is 2. The van der Waals surface area contributed by atoms with Crippen molar-refractivity contribution < 1.29 is 14.3 Å². The number of nitrogens with two attached hydrogens (primary N) is 1. The second-order valence-corrected chi connectivity index (χ2v) is 6.01. The van der Waals surface area contributed by atoms with Crippen LogP contribution >= 0.6 is 12.4 Å². The first-order valence-electron chi connectivity index (χ1n) is 8.41. The summed E-state index contributed by atoms with van der Waals surface area (Å²) in [6.07, 6.45) is 3.20. The highest BCUT2D eigenvalue weighted by atomic mass is 35.5. The molecule has 0 unspecified atom stereocenters. The van der Waals surface area contributed by atoms with E-state index in [0.717, 1.165) is 44.4 Å². The summed E-state index contributed by atoms with van der Waals surface area (Å²) in [5.74, 6) is 0.0854. The van der Waals surface area contributed by atoms with Crippen LogP contribution < -0.4 is 5.73 Å². The number of methoxy groups -OCH3 is 1. The largest absolute Gasteiger partial charge is 0.385 e. The molecule has 2 rings (SSSR count). The summed E-state index contributed by atoms with van der Waals surface area (Å²) in [4.78, 5) is 14.7. The predicted octanol–water partition coefficient (Wildman–Crippen LogP) is 2.37. The molecule has 0 bridgehead atoms. The molecule has 24 heavy (non-hydrogen) atoms. The van der Waals surface area contributed by atoms with E-state index in [1.165, 1.54) is 0 Å². The van der Waals surface area contributed by atoms with Gasteiger partial charge in [-0.05, 0) is 31.2 Å². The lowest BCUT2D eigenvalue weighted by molar-refractivity contribution is -0.143. The van der Waals surface area contributed by atoms with Gasteiger partial charge >= 0.3 is 0 Å². The van der Waals surface area contributed by atoms with Crippen LogP contribution in [0.5, 0.6) is 0 Å². The summed E-state index contributed by atoms with van der Waals surface area (Å²) >= 11 is 0. The number of nitrogens with zero attached hydrogens (tertiary/aromatic N) is 1. The monoisotopic (exact) mass is 356 g/mol. The van der Waals surface area contributed by atoms with Crippen molar-refractivity contribution in [1.29, 1.82) is 0 Å². The highest BCUT2D eigenvalue weighted by Crippen LogP contribution is 2.22. The van der Waals surface area contributed by atoms with E-state index in [1.54, 1.807) is 7.11 Å². The Hall–Kier alpha value is -1.14. The first kappa shape index (κ1) is 20.9. The summed E-state index contributed by atoms with van der Waals surface area (Å²) in [6.45, 7) is 2.56. The van der Waals surface area contributed by atoms with Crippen LogP contribution in [0.25, 0.3) is 0 Å². The molecule has 1 aliphatic heterocycles. The predicted molar refractivity (Wildman–Crippen MR) is 97.2 cm³/mol. The lowest BCUT2D eigenvalue weighted by Crippen LogP contribution is -2.40. The fraction of sp³-hybridized carbons (Fsp3) is 0.611. The van der Waals surface area contributed by atoms with E-state index in [9.17, 15) is 4.79 Å². The third-order valence-electron chi connectivity index (χ3n) is 4.20. The zero-order chi connectivity index (χ0) is 16.5. The van der Waals surface area contributed by atoms with E-state index >= 15 is 0 Å². The van der Waals surface area contributed by atoms with Crippen molar-refractivity contribution in [3.8, 4) is 0 Å². The maximum Gasteiger partial charge on any atom is 0.252 e. The Morgan fingerprint density at radius 2 is 2.04 bits per heavy atom. The molecule has 0 saturated carbocycles. The molecular weight excluding hydrogens is 328 g/mol. The molecule has 1 aliphatic rings. The Kier molecular flexibility index (Phi) is 9.95. The summed E-state index contributed by atoms with van der Waals surface area (Å²) < 4.78 is 10.9. The fourth-order valence-corrected chi connectivity index (χ4v) is 2.88. The third kappa shape index (κ3) is 6.40. The van der Waals surface area contributed by atoms with Gasteiger partial charge in [0.1, 0.15) is 6.10 Å². The SMILES string of the molecule is COCCCCN(Cc1ccccc1)C(=O)[C@@H]1CC[C@H](CN)O1.Cl. The Balaban J connectivity index is 0.00000288. The summed E-state index contributed by atoms with van der Waals surface area (Å²) in [7, 11) is 1.70. The Labute approximate surface area is 150 Å². The van der Waals surface area contributed by atoms with Crippen molar-refractivity contribution in [1.82, 2.24) is 4.90 Å². The van der Waals surface area contributed by atoms with E-state index < -0.39 is 0 Å². The normalized spacial score (nSPS) is 19.8. The number of hydrogen-bond donors (Lipinski definition) is 1. The van der Waals surface area contributed by atoms with E-state index in [2.05, 4.69) is 0 Å². The van der Waals surface area contributed by atoms with Gasteiger partial charge in [0.05, 0.1) is 6.10 Å². The van der Waals surface area contributed by atoms with Crippen LogP contribution in [0.3, 0.4) is 0 Å². The van der Waals surface area contributed by atoms with Crippen LogP contribution in [-0.2, 0) is 20.8 Å². The molecule has 2 N–H and O–H groups in total. The number of rotatable bonds is 9. The molecule has 1 saturated heterocycles. The average Bonchev–Trinajstić information content (AvgIpc) is 3.07. The van der Waals surface area contributed by atoms with Crippen molar-refractivity contribution in [3.63, 3.8) is 0 Å². The number of benzene rings is 1. The minimum absolute atomic E-state index is 0. The fourth-order valence-electron chi connectivity index (χ4n) is 2.88. The van der Waals surface area contributed by atoms with Crippen LogP contribution in [0.2, 0.25) is 0 Å². The number of carbonyl (C=O) groups excluding carboxylic acids is 1. The maximum absolute atomic E-state index is 12.8. The quantitative estimate of drug-likeness (QED) is 0.690. The maximum atomic E-state index is 12.8. The number of hydrogen-bond acceptors (Lipinski definition) is 4. The molecule has 0 aromatic heterocycles. The molecule has 1 aromatic carbocycles. The second-order valence-electron chi connectivity index (χ2n) is 6.01. The minimum atomic E-state index is -0.338. The van der Waals surface area contributed by atoms with Gasteiger partial charge < -0.3 is 20.1 Å². The Bertz CT molecular complexity index is 473. The number of halogens is 1. The molecule has 1 fully saturated rings. The van der Waals surface area contributed by atoms with Gasteiger partial charge in [-0.3, -0.25) is 4.79 Å². The molecular formula is C18H29ClN2O3. The number of unbranched alkanes of at least 4 members (excludes halogenated alkanes) is 1. The van der Waals surface area contributed by atoms with Gasteiger partial charge in [-0.2, -0.15) is 0 Å². The highest BCUT2D eigenvalue weighted by molar-refractivity contribution is 5.85.